The summed E-state index contributed by atoms with van der Waals surface area (Å²) in [7, 11) is 0. The van der Waals surface area contributed by atoms with Crippen LogP contribution in [0.25, 0.3) is 0 Å². The van der Waals surface area contributed by atoms with Gasteiger partial charge in [-0.2, -0.15) is 0 Å². The predicted molar refractivity (Wildman–Crippen MR) is 58.1 cm³/mol. The number of nitrogens with one attached hydrogen (secondary N) is 2. The maximum atomic E-state index is 11.1. The van der Waals surface area contributed by atoms with Crippen LogP contribution < -0.4 is 15.4 Å². The SMILES string of the molecule is CC(=O)NCc1ccc2c(c1)NC(=O)CO2. The van der Waals surface area contributed by atoms with Crippen molar-refractivity contribution in [3.63, 3.8) is 0 Å². The minimum Gasteiger partial charge on any atom is -0.482 e. The van der Waals surface area contributed by atoms with E-state index in [9.17, 15) is 9.59 Å². The molecule has 84 valence electrons. The van der Waals surface area contributed by atoms with Crippen molar-refractivity contribution in [2.75, 3.05) is 11.9 Å². The van der Waals surface area contributed by atoms with Crippen LogP contribution in [0.5, 0.6) is 5.75 Å². The van der Waals surface area contributed by atoms with Gasteiger partial charge in [-0.3, -0.25) is 9.59 Å². The third-order valence-electron chi connectivity index (χ3n) is 2.22. The average Bonchev–Trinajstić information content (AvgIpc) is 2.25. The van der Waals surface area contributed by atoms with Gasteiger partial charge >= 0.3 is 0 Å². The molecule has 1 aromatic rings. The van der Waals surface area contributed by atoms with E-state index in [-0.39, 0.29) is 18.4 Å². The van der Waals surface area contributed by atoms with Crippen LogP contribution in [-0.4, -0.2) is 18.4 Å². The molecule has 1 heterocycles. The maximum Gasteiger partial charge on any atom is 0.262 e. The van der Waals surface area contributed by atoms with Crippen LogP contribution in [0.3, 0.4) is 0 Å². The van der Waals surface area contributed by atoms with Crippen LogP contribution in [0.15, 0.2) is 18.2 Å². The Morgan fingerprint density at radius 3 is 3.12 bits per heavy atom. The number of ether oxygens (including phenoxy) is 1. The molecule has 2 amide bonds. The lowest BCUT2D eigenvalue weighted by molar-refractivity contribution is -0.119. The fourth-order valence-electron chi connectivity index (χ4n) is 1.47. The molecule has 2 rings (SSSR count). The Morgan fingerprint density at radius 1 is 1.56 bits per heavy atom. The van der Waals surface area contributed by atoms with Gasteiger partial charge in [0.05, 0.1) is 5.69 Å². The summed E-state index contributed by atoms with van der Waals surface area (Å²) in [5, 5.41) is 5.40. The molecule has 1 aliphatic heterocycles. The Kier molecular flexibility index (Phi) is 2.76. The molecule has 0 atom stereocenters. The third kappa shape index (κ3) is 2.31. The molecule has 0 saturated carbocycles. The van der Waals surface area contributed by atoms with Crippen LogP contribution in [0.2, 0.25) is 0 Å². The molecule has 0 radical (unpaired) electrons. The second-order valence-corrected chi connectivity index (χ2v) is 3.58. The minimum atomic E-state index is -0.163. The van der Waals surface area contributed by atoms with E-state index in [1.54, 1.807) is 12.1 Å². The number of hydrogen-bond acceptors (Lipinski definition) is 3. The van der Waals surface area contributed by atoms with E-state index in [1.165, 1.54) is 6.92 Å². The molecule has 1 aromatic carbocycles. The van der Waals surface area contributed by atoms with Crippen molar-refractivity contribution in [2.24, 2.45) is 0 Å². The van der Waals surface area contributed by atoms with Crippen LogP contribution in [0, 0.1) is 0 Å². The summed E-state index contributed by atoms with van der Waals surface area (Å²) in [4.78, 5) is 21.8. The highest BCUT2D eigenvalue weighted by atomic mass is 16.5. The molecule has 5 heteroatoms. The highest BCUT2D eigenvalue weighted by Gasteiger charge is 2.15. The summed E-state index contributed by atoms with van der Waals surface area (Å²) in [6, 6.07) is 5.43. The van der Waals surface area contributed by atoms with Crippen LogP contribution in [-0.2, 0) is 16.1 Å². The Morgan fingerprint density at radius 2 is 2.38 bits per heavy atom. The minimum absolute atomic E-state index is 0.0536. The standard InChI is InChI=1S/C11H12N2O3/c1-7(14)12-5-8-2-3-10-9(4-8)13-11(15)6-16-10/h2-4H,5-6H2,1H3,(H,12,14)(H,13,15). The lowest BCUT2D eigenvalue weighted by Crippen LogP contribution is -2.25. The van der Waals surface area contributed by atoms with Crippen LogP contribution >= 0.6 is 0 Å². The van der Waals surface area contributed by atoms with Gasteiger partial charge in [0.1, 0.15) is 5.75 Å². The molecular formula is C11H12N2O3. The number of carbonyl (C=O) groups is 2. The summed E-state index contributed by atoms with van der Waals surface area (Å²) in [5.74, 6) is 0.411. The lowest BCUT2D eigenvalue weighted by atomic mass is 10.1. The molecular weight excluding hydrogens is 208 g/mol. The van der Waals surface area contributed by atoms with Gasteiger partial charge in [0.25, 0.3) is 5.91 Å². The van der Waals surface area contributed by atoms with Crippen molar-refractivity contribution in [3.05, 3.63) is 23.8 Å². The summed E-state index contributed by atoms with van der Waals surface area (Å²) in [5.41, 5.74) is 1.57. The zero-order chi connectivity index (χ0) is 11.5. The molecule has 0 aromatic heterocycles. The Bertz CT molecular complexity index is 443. The highest BCUT2D eigenvalue weighted by Crippen LogP contribution is 2.28. The first-order valence-electron chi connectivity index (χ1n) is 4.95. The molecule has 0 aliphatic carbocycles. The zero-order valence-corrected chi connectivity index (χ0v) is 8.87. The Hall–Kier alpha value is -2.04. The molecule has 2 N–H and O–H groups in total. The highest BCUT2D eigenvalue weighted by molar-refractivity contribution is 5.95. The van der Waals surface area contributed by atoms with Crippen LogP contribution in [0.1, 0.15) is 12.5 Å². The van der Waals surface area contributed by atoms with E-state index in [2.05, 4.69) is 10.6 Å². The van der Waals surface area contributed by atoms with Crippen molar-refractivity contribution in [2.45, 2.75) is 13.5 Å². The monoisotopic (exact) mass is 220 g/mol. The molecule has 0 bridgehead atoms. The van der Waals surface area contributed by atoms with E-state index in [0.717, 1.165) is 5.56 Å². The molecule has 5 nitrogen and oxygen atoms in total. The molecule has 0 unspecified atom stereocenters. The largest absolute Gasteiger partial charge is 0.482 e. The third-order valence-corrected chi connectivity index (χ3v) is 2.22. The molecule has 0 saturated heterocycles. The van der Waals surface area contributed by atoms with Gasteiger partial charge in [0, 0.05) is 13.5 Å². The predicted octanol–water partition coefficient (Wildman–Crippen LogP) is 0.654. The normalized spacial score (nSPS) is 13.4. The first kappa shape index (κ1) is 10.5. The van der Waals surface area contributed by atoms with Crippen molar-refractivity contribution >= 4 is 17.5 Å². The van der Waals surface area contributed by atoms with Gasteiger partial charge in [0.15, 0.2) is 6.61 Å². The summed E-state index contributed by atoms with van der Waals surface area (Å²) in [6.07, 6.45) is 0. The molecule has 0 spiro atoms. The second-order valence-electron chi connectivity index (χ2n) is 3.58. The first-order valence-corrected chi connectivity index (χ1v) is 4.95. The number of benzene rings is 1. The van der Waals surface area contributed by atoms with Crippen molar-refractivity contribution in [1.29, 1.82) is 0 Å². The maximum absolute atomic E-state index is 11.1. The number of anilines is 1. The second kappa shape index (κ2) is 4.22. The zero-order valence-electron chi connectivity index (χ0n) is 8.87. The molecule has 1 aliphatic rings. The van der Waals surface area contributed by atoms with E-state index < -0.39 is 0 Å². The number of rotatable bonds is 2. The van der Waals surface area contributed by atoms with Crippen LogP contribution in [0.4, 0.5) is 5.69 Å². The summed E-state index contributed by atoms with van der Waals surface area (Å²) in [6.45, 7) is 1.96. The van der Waals surface area contributed by atoms with Gasteiger partial charge < -0.3 is 15.4 Å². The van der Waals surface area contributed by atoms with E-state index in [0.29, 0.717) is 18.0 Å². The van der Waals surface area contributed by atoms with Gasteiger partial charge in [-0.1, -0.05) is 6.07 Å². The Balaban J connectivity index is 2.14. The van der Waals surface area contributed by atoms with Gasteiger partial charge in [-0.15, -0.1) is 0 Å². The number of carbonyl (C=O) groups excluding carboxylic acids is 2. The fraction of sp³-hybridized carbons (Fsp3) is 0.273. The number of fused-ring (bicyclic) bond motifs is 1. The summed E-state index contributed by atoms with van der Waals surface area (Å²) >= 11 is 0. The van der Waals surface area contributed by atoms with Gasteiger partial charge in [-0.05, 0) is 17.7 Å². The van der Waals surface area contributed by atoms with Crippen molar-refractivity contribution in [1.82, 2.24) is 5.32 Å². The van der Waals surface area contributed by atoms with E-state index in [1.807, 2.05) is 6.07 Å². The van der Waals surface area contributed by atoms with E-state index in [4.69, 9.17) is 4.74 Å². The first-order chi connectivity index (χ1) is 7.65. The average molecular weight is 220 g/mol. The quantitative estimate of drug-likeness (QED) is 0.769. The van der Waals surface area contributed by atoms with Crippen molar-refractivity contribution in [3.8, 4) is 5.75 Å². The van der Waals surface area contributed by atoms with Gasteiger partial charge in [0.2, 0.25) is 5.91 Å². The number of amides is 2. The number of hydrogen-bond donors (Lipinski definition) is 2. The van der Waals surface area contributed by atoms with Crippen molar-refractivity contribution < 1.29 is 14.3 Å². The van der Waals surface area contributed by atoms with E-state index >= 15 is 0 Å². The molecule has 16 heavy (non-hydrogen) atoms. The topological polar surface area (TPSA) is 67.4 Å². The lowest BCUT2D eigenvalue weighted by Gasteiger charge is -2.18. The Labute approximate surface area is 92.8 Å². The fourth-order valence-corrected chi connectivity index (χ4v) is 1.47. The smallest absolute Gasteiger partial charge is 0.262 e. The van der Waals surface area contributed by atoms with Gasteiger partial charge in [-0.25, -0.2) is 0 Å². The molecule has 0 fully saturated rings. The summed E-state index contributed by atoms with van der Waals surface area (Å²) < 4.78 is 5.22.